The van der Waals surface area contributed by atoms with Crippen LogP contribution in [-0.2, 0) is 33.3 Å². The number of esters is 2. The van der Waals surface area contributed by atoms with Crippen molar-refractivity contribution in [1.29, 1.82) is 0 Å². The first kappa shape index (κ1) is 71.0. The molecule has 2 atom stereocenters. The van der Waals surface area contributed by atoms with Crippen LogP contribution in [0.3, 0.4) is 0 Å². The summed E-state index contributed by atoms with van der Waals surface area (Å²) in [6.45, 7) is 4.90. The Morgan fingerprint density at radius 1 is 0.397 bits per heavy atom. The molecule has 0 aromatic carbocycles. The van der Waals surface area contributed by atoms with Crippen molar-refractivity contribution in [2.45, 2.75) is 334 Å². The molecule has 0 bridgehead atoms. The van der Waals surface area contributed by atoms with Gasteiger partial charge < -0.3 is 28.5 Å². The lowest BCUT2D eigenvalue weighted by Gasteiger charge is -2.25. The van der Waals surface area contributed by atoms with Gasteiger partial charge in [-0.05, 0) is 38.5 Å². The number of rotatable bonds is 60. The van der Waals surface area contributed by atoms with E-state index in [9.17, 15) is 19.5 Å². The van der Waals surface area contributed by atoms with Gasteiger partial charge in [0.15, 0.2) is 6.10 Å². The molecule has 2 unspecified atom stereocenters. The van der Waals surface area contributed by atoms with Crippen molar-refractivity contribution in [1.82, 2.24) is 0 Å². The predicted octanol–water partition coefficient (Wildman–Crippen LogP) is 18.9. The molecule has 0 spiro atoms. The Morgan fingerprint density at radius 2 is 0.699 bits per heavy atom. The summed E-state index contributed by atoms with van der Waals surface area (Å²) in [5.74, 6) is -2.00. The smallest absolute Gasteiger partial charge is 0.361 e. The lowest BCUT2D eigenvalue weighted by atomic mass is 10.0. The predicted molar refractivity (Wildman–Crippen MR) is 309 cm³/mol. The number of hydrogen-bond donors (Lipinski definition) is 1. The van der Waals surface area contributed by atoms with Crippen molar-refractivity contribution in [3.05, 3.63) is 12.2 Å². The molecule has 0 radical (unpaired) electrons. The van der Waals surface area contributed by atoms with Crippen molar-refractivity contribution < 1.29 is 42.9 Å². The SMILES string of the molecule is CCCCCC/C=C\CCCCCCCC(=O)OC(COC(=O)CCCCCCCCCCCCCCCCCCCCCCCCCCCCCCCCCCCCC)COC(OCC[N+](C)(C)C)C(=O)O. The molecule has 0 aliphatic carbocycles. The Balaban J connectivity index is 3.93. The first-order valence-corrected chi connectivity index (χ1v) is 31.9. The number of carbonyl (C=O) groups is 3. The summed E-state index contributed by atoms with van der Waals surface area (Å²) in [7, 11) is 5.97. The van der Waals surface area contributed by atoms with Crippen molar-refractivity contribution in [3.8, 4) is 0 Å². The first-order valence-electron chi connectivity index (χ1n) is 31.9. The number of carboxylic acids is 1. The molecule has 73 heavy (non-hydrogen) atoms. The maximum Gasteiger partial charge on any atom is 0.361 e. The van der Waals surface area contributed by atoms with E-state index in [1.54, 1.807) is 0 Å². The largest absolute Gasteiger partial charge is 0.477 e. The van der Waals surface area contributed by atoms with Crippen molar-refractivity contribution in [2.24, 2.45) is 0 Å². The molecule has 0 aromatic rings. The van der Waals surface area contributed by atoms with E-state index >= 15 is 0 Å². The van der Waals surface area contributed by atoms with Gasteiger partial charge in [-0.15, -0.1) is 0 Å². The van der Waals surface area contributed by atoms with Crippen LogP contribution in [0.5, 0.6) is 0 Å². The second-order valence-electron chi connectivity index (χ2n) is 23.1. The van der Waals surface area contributed by atoms with Crippen LogP contribution in [0.4, 0.5) is 0 Å². The number of likely N-dealkylation sites (N-methyl/N-ethyl adjacent to an activating group) is 1. The number of unbranched alkanes of at least 4 members (excludes halogenated alkanes) is 43. The molecule has 432 valence electrons. The molecule has 0 saturated heterocycles. The fourth-order valence-electron chi connectivity index (χ4n) is 9.60. The van der Waals surface area contributed by atoms with E-state index in [2.05, 4.69) is 26.0 Å². The highest BCUT2D eigenvalue weighted by molar-refractivity contribution is 5.71. The van der Waals surface area contributed by atoms with Crippen LogP contribution in [0.15, 0.2) is 12.2 Å². The van der Waals surface area contributed by atoms with Gasteiger partial charge in [0, 0.05) is 12.8 Å². The van der Waals surface area contributed by atoms with Crippen molar-refractivity contribution in [2.75, 3.05) is 47.5 Å². The van der Waals surface area contributed by atoms with E-state index in [4.69, 9.17) is 18.9 Å². The number of aliphatic carboxylic acids is 1. The number of carboxylic acid groups (broad SMARTS) is 1. The fourth-order valence-corrected chi connectivity index (χ4v) is 9.60. The Hall–Kier alpha value is -1.97. The van der Waals surface area contributed by atoms with Crippen LogP contribution in [0.2, 0.25) is 0 Å². The maximum atomic E-state index is 12.8. The summed E-state index contributed by atoms with van der Waals surface area (Å²) < 4.78 is 22.9. The minimum absolute atomic E-state index is 0.179. The van der Waals surface area contributed by atoms with E-state index in [1.807, 2.05) is 21.1 Å². The molecular formula is C64H124NO8+. The molecule has 0 aliphatic rings. The number of ether oxygens (including phenoxy) is 4. The monoisotopic (exact) mass is 1030 g/mol. The van der Waals surface area contributed by atoms with E-state index in [-0.39, 0.29) is 32.2 Å². The van der Waals surface area contributed by atoms with Crippen molar-refractivity contribution in [3.63, 3.8) is 0 Å². The minimum Gasteiger partial charge on any atom is -0.477 e. The minimum atomic E-state index is -1.51. The second-order valence-corrected chi connectivity index (χ2v) is 23.1. The molecule has 9 nitrogen and oxygen atoms in total. The topological polar surface area (TPSA) is 108 Å². The Labute approximate surface area is 453 Å². The van der Waals surface area contributed by atoms with Gasteiger partial charge in [0.1, 0.15) is 13.2 Å². The molecule has 9 heteroatoms. The summed E-state index contributed by atoms with van der Waals surface area (Å²) in [5.41, 5.74) is 0. The summed E-state index contributed by atoms with van der Waals surface area (Å²) >= 11 is 0. The average molecular weight is 1040 g/mol. The zero-order chi connectivity index (χ0) is 53.4. The molecule has 0 aromatic heterocycles. The molecule has 0 fully saturated rings. The van der Waals surface area contributed by atoms with Crippen LogP contribution in [0, 0.1) is 0 Å². The first-order chi connectivity index (χ1) is 35.6. The van der Waals surface area contributed by atoms with Crippen LogP contribution in [0.1, 0.15) is 322 Å². The number of carbonyl (C=O) groups excluding carboxylic acids is 2. The van der Waals surface area contributed by atoms with Gasteiger partial charge in [-0.2, -0.15) is 0 Å². The van der Waals surface area contributed by atoms with Crippen LogP contribution in [0.25, 0.3) is 0 Å². The third kappa shape index (κ3) is 57.6. The Kier molecular flexibility index (Phi) is 54.7. The van der Waals surface area contributed by atoms with Gasteiger partial charge in [-0.3, -0.25) is 9.59 Å². The number of allylic oxidation sites excluding steroid dienone is 2. The standard InChI is InChI=1S/C64H123NO8/c1-6-8-10-12-14-16-18-20-21-22-23-24-25-26-27-28-29-30-31-32-33-34-35-36-37-38-39-40-41-43-44-46-48-50-52-54-61(66)71-58-60(59-72-64(63(68)69)70-57-56-65(3,4)5)73-62(67)55-53-51-49-47-45-42-19-17-15-13-11-9-7-2/h17,19,60,64H,6-16,18,20-59H2,1-5H3/p+1/b19-17-. The second kappa shape index (κ2) is 56.2. The lowest BCUT2D eigenvalue weighted by molar-refractivity contribution is -0.870. The third-order valence-electron chi connectivity index (χ3n) is 14.5. The number of quaternary nitrogens is 1. The highest BCUT2D eigenvalue weighted by Crippen LogP contribution is 2.18. The fraction of sp³-hybridized carbons (Fsp3) is 0.922. The average Bonchev–Trinajstić information content (AvgIpc) is 3.36. The van der Waals surface area contributed by atoms with Crippen LogP contribution in [-0.4, -0.2) is 87.4 Å². The van der Waals surface area contributed by atoms with Crippen molar-refractivity contribution >= 4 is 17.9 Å². The molecular weight excluding hydrogens is 911 g/mol. The van der Waals surface area contributed by atoms with Gasteiger partial charge in [0.25, 0.3) is 6.29 Å². The summed E-state index contributed by atoms with van der Waals surface area (Å²) in [6, 6.07) is 0. The molecule has 0 rings (SSSR count). The quantitative estimate of drug-likeness (QED) is 0.0211. The normalized spacial score (nSPS) is 12.7. The maximum absolute atomic E-state index is 12.8. The van der Waals surface area contributed by atoms with Gasteiger partial charge in [0.05, 0.1) is 34.4 Å². The molecule has 0 heterocycles. The molecule has 0 saturated carbocycles. The summed E-state index contributed by atoms with van der Waals surface area (Å²) in [6.07, 6.45) is 63.4. The Morgan fingerprint density at radius 3 is 1.03 bits per heavy atom. The van der Waals surface area contributed by atoms with Gasteiger partial charge in [-0.25, -0.2) is 4.79 Å². The third-order valence-corrected chi connectivity index (χ3v) is 14.5. The number of hydrogen-bond acceptors (Lipinski definition) is 7. The molecule has 0 aliphatic heterocycles. The Bertz CT molecular complexity index is 1200. The van der Waals surface area contributed by atoms with Gasteiger partial charge in [0.2, 0.25) is 0 Å². The summed E-state index contributed by atoms with van der Waals surface area (Å²) in [5, 5.41) is 9.69. The van der Waals surface area contributed by atoms with E-state index in [1.165, 1.54) is 238 Å². The van der Waals surface area contributed by atoms with Crippen LogP contribution < -0.4 is 0 Å². The highest BCUT2D eigenvalue weighted by Gasteiger charge is 2.25. The van der Waals surface area contributed by atoms with E-state index in [0.717, 1.165) is 51.4 Å². The zero-order valence-electron chi connectivity index (χ0n) is 49.3. The zero-order valence-corrected chi connectivity index (χ0v) is 49.3. The van der Waals surface area contributed by atoms with Crippen LogP contribution >= 0.6 is 0 Å². The van der Waals surface area contributed by atoms with E-state index < -0.39 is 24.3 Å². The lowest BCUT2D eigenvalue weighted by Crippen LogP contribution is -2.40. The van der Waals surface area contributed by atoms with E-state index in [0.29, 0.717) is 23.9 Å². The highest BCUT2D eigenvalue weighted by atomic mass is 16.7. The molecule has 1 N–H and O–H groups in total. The summed E-state index contributed by atoms with van der Waals surface area (Å²) in [4.78, 5) is 37.4. The van der Waals surface area contributed by atoms with Gasteiger partial charge in [-0.1, -0.05) is 283 Å². The molecule has 0 amide bonds. The van der Waals surface area contributed by atoms with Gasteiger partial charge >= 0.3 is 17.9 Å². The number of nitrogens with zero attached hydrogens (tertiary/aromatic N) is 1.